The zero-order valence-corrected chi connectivity index (χ0v) is 5.55. The Balaban J connectivity index is 2.11. The smallest absolute Gasteiger partial charge is 0.312 e. The third-order valence-electron chi connectivity index (χ3n) is 1.72. The van der Waals surface area contributed by atoms with Crippen LogP contribution in [-0.2, 0) is 0 Å². The van der Waals surface area contributed by atoms with Crippen molar-refractivity contribution in [1.29, 1.82) is 0 Å². The van der Waals surface area contributed by atoms with E-state index >= 15 is 0 Å². The minimum absolute atomic E-state index is 0.359. The average Bonchev–Trinajstić information content (AvgIpc) is 1.60. The number of carbonyl (C=O) groups is 1. The summed E-state index contributed by atoms with van der Waals surface area (Å²) in [4.78, 5) is 10.2. The van der Waals surface area contributed by atoms with Gasteiger partial charge in [-0.05, 0) is 18.8 Å². The third-order valence-corrected chi connectivity index (χ3v) is 1.72. The largest absolute Gasteiger partial charge is 0.352 e. The first-order chi connectivity index (χ1) is 4.18. The van der Waals surface area contributed by atoms with Crippen molar-refractivity contribution < 1.29 is 4.79 Å². The Kier molecular flexibility index (Phi) is 1.60. The van der Waals surface area contributed by atoms with Crippen LogP contribution in [0.1, 0.15) is 19.8 Å². The van der Waals surface area contributed by atoms with E-state index in [0.717, 1.165) is 18.8 Å². The van der Waals surface area contributed by atoms with Crippen LogP contribution in [0.4, 0.5) is 4.79 Å². The minimum atomic E-state index is -0.396. The van der Waals surface area contributed by atoms with Gasteiger partial charge in [0.2, 0.25) is 0 Å². The van der Waals surface area contributed by atoms with Crippen LogP contribution in [-0.4, -0.2) is 12.1 Å². The minimum Gasteiger partial charge on any atom is -0.352 e. The molecule has 0 aliphatic heterocycles. The van der Waals surface area contributed by atoms with Gasteiger partial charge < -0.3 is 11.1 Å². The topological polar surface area (TPSA) is 55.1 Å². The lowest BCUT2D eigenvalue weighted by Gasteiger charge is -2.32. The van der Waals surface area contributed by atoms with Crippen LogP contribution in [0.25, 0.3) is 0 Å². The summed E-state index contributed by atoms with van der Waals surface area (Å²) < 4.78 is 0. The molecule has 1 aliphatic rings. The van der Waals surface area contributed by atoms with Crippen molar-refractivity contribution >= 4 is 6.03 Å². The van der Waals surface area contributed by atoms with E-state index in [1.54, 1.807) is 0 Å². The number of nitrogens with two attached hydrogens (primary N) is 1. The predicted molar refractivity (Wildman–Crippen MR) is 34.9 cm³/mol. The first-order valence-corrected chi connectivity index (χ1v) is 3.24. The summed E-state index contributed by atoms with van der Waals surface area (Å²) in [5.74, 6) is 0.766. The van der Waals surface area contributed by atoms with Gasteiger partial charge in [0.15, 0.2) is 0 Å². The Morgan fingerprint density at radius 1 is 1.67 bits per heavy atom. The molecule has 1 aliphatic carbocycles. The van der Waals surface area contributed by atoms with Gasteiger partial charge in [-0.3, -0.25) is 0 Å². The van der Waals surface area contributed by atoms with E-state index in [-0.39, 0.29) is 0 Å². The Hall–Kier alpha value is -0.730. The SMILES string of the molecule is CC1CC(NC(N)=O)C1. The van der Waals surface area contributed by atoms with Crippen molar-refractivity contribution in [2.75, 3.05) is 0 Å². The number of hydrogen-bond acceptors (Lipinski definition) is 1. The molecule has 0 aromatic heterocycles. The number of rotatable bonds is 1. The fourth-order valence-corrected chi connectivity index (χ4v) is 1.22. The molecule has 0 atom stereocenters. The van der Waals surface area contributed by atoms with Crippen LogP contribution in [0.15, 0.2) is 0 Å². The molecule has 9 heavy (non-hydrogen) atoms. The van der Waals surface area contributed by atoms with Gasteiger partial charge in [0, 0.05) is 6.04 Å². The summed E-state index contributed by atoms with van der Waals surface area (Å²) in [6, 6.07) is -0.0376. The average molecular weight is 128 g/mol. The zero-order valence-electron chi connectivity index (χ0n) is 5.55. The monoisotopic (exact) mass is 128 g/mol. The molecule has 1 rings (SSSR count). The van der Waals surface area contributed by atoms with Crippen LogP contribution in [0.2, 0.25) is 0 Å². The van der Waals surface area contributed by atoms with E-state index in [0.29, 0.717) is 6.04 Å². The van der Waals surface area contributed by atoms with Crippen LogP contribution >= 0.6 is 0 Å². The molecule has 0 bridgehead atoms. The molecule has 0 radical (unpaired) electrons. The number of hydrogen-bond donors (Lipinski definition) is 2. The van der Waals surface area contributed by atoms with Crippen molar-refractivity contribution in [3.8, 4) is 0 Å². The first kappa shape index (κ1) is 6.39. The van der Waals surface area contributed by atoms with Gasteiger partial charge in [0.05, 0.1) is 0 Å². The molecule has 0 aromatic rings. The van der Waals surface area contributed by atoms with Gasteiger partial charge in [0.25, 0.3) is 0 Å². The number of nitrogens with one attached hydrogen (secondary N) is 1. The van der Waals surface area contributed by atoms with Crippen LogP contribution in [0, 0.1) is 5.92 Å². The van der Waals surface area contributed by atoms with Gasteiger partial charge >= 0.3 is 6.03 Å². The molecule has 0 heterocycles. The van der Waals surface area contributed by atoms with Crippen LogP contribution < -0.4 is 11.1 Å². The molecule has 0 unspecified atom stereocenters. The Labute approximate surface area is 54.6 Å². The lowest BCUT2D eigenvalue weighted by Crippen LogP contribution is -2.45. The summed E-state index contributed by atoms with van der Waals surface area (Å²) in [7, 11) is 0. The van der Waals surface area contributed by atoms with Gasteiger partial charge in [-0.1, -0.05) is 6.92 Å². The Morgan fingerprint density at radius 3 is 2.56 bits per heavy atom. The van der Waals surface area contributed by atoms with Gasteiger partial charge in [-0.25, -0.2) is 4.79 Å². The maximum Gasteiger partial charge on any atom is 0.312 e. The fraction of sp³-hybridized carbons (Fsp3) is 0.833. The quantitative estimate of drug-likeness (QED) is 0.529. The van der Waals surface area contributed by atoms with Crippen molar-refractivity contribution in [2.24, 2.45) is 11.7 Å². The summed E-state index contributed by atoms with van der Waals surface area (Å²) >= 11 is 0. The van der Waals surface area contributed by atoms with Gasteiger partial charge in [0.1, 0.15) is 0 Å². The van der Waals surface area contributed by atoms with Gasteiger partial charge in [-0.15, -0.1) is 0 Å². The highest BCUT2D eigenvalue weighted by Crippen LogP contribution is 2.25. The van der Waals surface area contributed by atoms with E-state index in [1.807, 2.05) is 0 Å². The molecule has 3 nitrogen and oxygen atoms in total. The fourth-order valence-electron chi connectivity index (χ4n) is 1.22. The normalized spacial score (nSPS) is 33.0. The zero-order chi connectivity index (χ0) is 6.85. The lowest BCUT2D eigenvalue weighted by atomic mass is 9.82. The van der Waals surface area contributed by atoms with Crippen molar-refractivity contribution in [2.45, 2.75) is 25.8 Å². The molecule has 3 heteroatoms. The van der Waals surface area contributed by atoms with E-state index in [1.165, 1.54) is 0 Å². The highest BCUT2D eigenvalue weighted by Gasteiger charge is 2.25. The van der Waals surface area contributed by atoms with Crippen LogP contribution in [0.5, 0.6) is 0 Å². The second-order valence-corrected chi connectivity index (χ2v) is 2.78. The van der Waals surface area contributed by atoms with Gasteiger partial charge in [-0.2, -0.15) is 0 Å². The Morgan fingerprint density at radius 2 is 2.22 bits per heavy atom. The molecular formula is C6H12N2O. The standard InChI is InChI=1S/C6H12N2O/c1-4-2-5(3-4)8-6(7)9/h4-5H,2-3H2,1H3,(H3,7,8,9). The molecule has 1 saturated carbocycles. The summed E-state index contributed by atoms with van der Waals surface area (Å²) in [5, 5.41) is 2.65. The molecule has 0 saturated heterocycles. The maximum atomic E-state index is 10.2. The maximum absolute atomic E-state index is 10.2. The van der Waals surface area contributed by atoms with E-state index in [2.05, 4.69) is 12.2 Å². The van der Waals surface area contributed by atoms with Crippen LogP contribution in [0.3, 0.4) is 0 Å². The molecule has 0 aromatic carbocycles. The highest BCUT2D eigenvalue weighted by molar-refractivity contribution is 5.72. The number of carbonyl (C=O) groups excluding carboxylic acids is 1. The molecular weight excluding hydrogens is 116 g/mol. The van der Waals surface area contributed by atoms with Crippen molar-refractivity contribution in [3.63, 3.8) is 0 Å². The molecule has 52 valence electrons. The molecule has 2 amide bonds. The second kappa shape index (κ2) is 2.25. The van der Waals surface area contributed by atoms with Crippen molar-refractivity contribution in [1.82, 2.24) is 5.32 Å². The first-order valence-electron chi connectivity index (χ1n) is 3.24. The highest BCUT2D eigenvalue weighted by atomic mass is 16.2. The number of amides is 2. The lowest BCUT2D eigenvalue weighted by molar-refractivity contribution is 0.217. The van der Waals surface area contributed by atoms with E-state index in [4.69, 9.17) is 5.73 Å². The Bertz CT molecular complexity index is 118. The van der Waals surface area contributed by atoms with E-state index in [9.17, 15) is 4.79 Å². The van der Waals surface area contributed by atoms with E-state index < -0.39 is 6.03 Å². The number of primary amides is 1. The predicted octanol–water partition coefficient (Wildman–Crippen LogP) is 0.453. The second-order valence-electron chi connectivity index (χ2n) is 2.78. The number of urea groups is 1. The summed E-state index contributed by atoms with van der Waals surface area (Å²) in [6.07, 6.45) is 2.17. The summed E-state index contributed by atoms with van der Waals surface area (Å²) in [6.45, 7) is 2.17. The van der Waals surface area contributed by atoms with Crippen molar-refractivity contribution in [3.05, 3.63) is 0 Å². The molecule has 3 N–H and O–H groups in total. The summed E-state index contributed by atoms with van der Waals surface area (Å²) in [5.41, 5.74) is 4.90. The molecule has 1 fully saturated rings. The third kappa shape index (κ3) is 1.59. The molecule has 0 spiro atoms.